The van der Waals surface area contributed by atoms with Crippen LogP contribution in [0.15, 0.2) is 53.1 Å². The summed E-state index contributed by atoms with van der Waals surface area (Å²) in [5, 5.41) is 4.14. The number of halogens is 1. The van der Waals surface area contributed by atoms with Crippen molar-refractivity contribution >= 4 is 5.91 Å². The van der Waals surface area contributed by atoms with Gasteiger partial charge in [-0.15, -0.1) is 0 Å². The molecule has 1 atom stereocenters. The topological polar surface area (TPSA) is 68.5 Å². The number of hydrogen-bond acceptors (Lipinski definition) is 5. The van der Waals surface area contributed by atoms with Crippen LogP contribution in [0.5, 0.6) is 5.75 Å². The largest absolute Gasteiger partial charge is 0.496 e. The SMILES string of the molecule is COc1ccccc1-c1nc([C@H]2CCCN(C(=O)c3ccc(F)cc3)C2)no1. The molecular formula is C21H20FN3O3. The normalized spacial score (nSPS) is 16.8. The summed E-state index contributed by atoms with van der Waals surface area (Å²) < 4.78 is 23.9. The molecule has 2 heterocycles. The van der Waals surface area contributed by atoms with Crippen LogP contribution in [0.1, 0.15) is 34.9 Å². The van der Waals surface area contributed by atoms with E-state index in [2.05, 4.69) is 10.1 Å². The number of benzene rings is 2. The molecule has 0 N–H and O–H groups in total. The van der Waals surface area contributed by atoms with Gasteiger partial charge in [-0.05, 0) is 49.2 Å². The molecule has 4 rings (SSSR count). The van der Waals surface area contributed by atoms with E-state index < -0.39 is 0 Å². The number of likely N-dealkylation sites (tertiary alicyclic amines) is 1. The summed E-state index contributed by atoms with van der Waals surface area (Å²) >= 11 is 0. The Kier molecular flexibility index (Phi) is 5.06. The van der Waals surface area contributed by atoms with Crippen molar-refractivity contribution in [3.63, 3.8) is 0 Å². The molecule has 0 saturated carbocycles. The van der Waals surface area contributed by atoms with E-state index in [-0.39, 0.29) is 17.6 Å². The summed E-state index contributed by atoms with van der Waals surface area (Å²) in [7, 11) is 1.59. The van der Waals surface area contributed by atoms with Crippen molar-refractivity contribution in [1.82, 2.24) is 15.0 Å². The van der Waals surface area contributed by atoms with Gasteiger partial charge in [-0.25, -0.2) is 4.39 Å². The fraction of sp³-hybridized carbons (Fsp3) is 0.286. The number of ether oxygens (including phenoxy) is 1. The van der Waals surface area contributed by atoms with Crippen molar-refractivity contribution in [2.24, 2.45) is 0 Å². The zero-order valence-corrected chi connectivity index (χ0v) is 15.5. The van der Waals surface area contributed by atoms with Crippen LogP contribution >= 0.6 is 0 Å². The van der Waals surface area contributed by atoms with E-state index in [0.29, 0.717) is 36.1 Å². The van der Waals surface area contributed by atoms with Crippen molar-refractivity contribution in [3.8, 4) is 17.2 Å². The Bertz CT molecular complexity index is 971. The van der Waals surface area contributed by atoms with E-state index >= 15 is 0 Å². The first-order valence-corrected chi connectivity index (χ1v) is 9.17. The number of nitrogens with zero attached hydrogens (tertiary/aromatic N) is 3. The highest BCUT2D eigenvalue weighted by Crippen LogP contribution is 2.31. The van der Waals surface area contributed by atoms with Crippen molar-refractivity contribution in [3.05, 3.63) is 65.7 Å². The molecule has 1 aliphatic rings. The van der Waals surface area contributed by atoms with Gasteiger partial charge >= 0.3 is 0 Å². The van der Waals surface area contributed by atoms with Gasteiger partial charge in [-0.3, -0.25) is 4.79 Å². The van der Waals surface area contributed by atoms with Crippen molar-refractivity contribution in [2.45, 2.75) is 18.8 Å². The van der Waals surface area contributed by atoms with Gasteiger partial charge in [0.25, 0.3) is 11.8 Å². The van der Waals surface area contributed by atoms with Crippen LogP contribution in [-0.2, 0) is 0 Å². The highest BCUT2D eigenvalue weighted by Gasteiger charge is 2.29. The van der Waals surface area contributed by atoms with Crippen molar-refractivity contribution in [2.75, 3.05) is 20.2 Å². The minimum absolute atomic E-state index is 0.00893. The smallest absolute Gasteiger partial charge is 0.261 e. The summed E-state index contributed by atoms with van der Waals surface area (Å²) in [6.07, 6.45) is 1.72. The fourth-order valence-corrected chi connectivity index (χ4v) is 3.48. The van der Waals surface area contributed by atoms with Crippen LogP contribution in [0.3, 0.4) is 0 Å². The standard InChI is InChI=1S/C21H20FN3O3/c1-27-18-7-3-2-6-17(18)20-23-19(24-28-20)15-5-4-12-25(13-15)21(26)14-8-10-16(22)11-9-14/h2-3,6-11,15H,4-5,12-13H2,1H3/t15-/m0/s1. The van der Waals surface area contributed by atoms with E-state index in [4.69, 9.17) is 9.26 Å². The number of amides is 1. The van der Waals surface area contributed by atoms with Crippen LogP contribution in [0.2, 0.25) is 0 Å². The number of carbonyl (C=O) groups is 1. The third-order valence-electron chi connectivity index (χ3n) is 4.94. The van der Waals surface area contributed by atoms with Crippen molar-refractivity contribution in [1.29, 1.82) is 0 Å². The van der Waals surface area contributed by atoms with Gasteiger partial charge in [-0.1, -0.05) is 17.3 Å². The lowest BCUT2D eigenvalue weighted by molar-refractivity contribution is 0.0703. The third kappa shape index (κ3) is 3.60. The van der Waals surface area contributed by atoms with Gasteiger partial charge in [0.1, 0.15) is 11.6 Å². The number of methoxy groups -OCH3 is 1. The zero-order chi connectivity index (χ0) is 19.5. The number of carbonyl (C=O) groups excluding carboxylic acids is 1. The van der Waals surface area contributed by atoms with E-state index in [9.17, 15) is 9.18 Å². The maximum atomic E-state index is 13.1. The monoisotopic (exact) mass is 381 g/mol. The molecule has 3 aromatic rings. The molecule has 0 unspecified atom stereocenters. The average Bonchev–Trinajstić information content (AvgIpc) is 3.24. The second kappa shape index (κ2) is 7.80. The van der Waals surface area contributed by atoms with Gasteiger partial charge in [0.2, 0.25) is 0 Å². The second-order valence-electron chi connectivity index (χ2n) is 6.76. The highest BCUT2D eigenvalue weighted by molar-refractivity contribution is 5.94. The molecule has 2 aromatic carbocycles. The molecule has 0 radical (unpaired) electrons. The quantitative estimate of drug-likeness (QED) is 0.686. The fourth-order valence-electron chi connectivity index (χ4n) is 3.48. The third-order valence-corrected chi connectivity index (χ3v) is 4.94. The lowest BCUT2D eigenvalue weighted by atomic mass is 9.96. The minimum atomic E-state index is -0.358. The van der Waals surface area contributed by atoms with Crippen LogP contribution in [-0.4, -0.2) is 41.1 Å². The Morgan fingerprint density at radius 3 is 2.79 bits per heavy atom. The zero-order valence-electron chi connectivity index (χ0n) is 15.5. The summed E-state index contributed by atoms with van der Waals surface area (Å²) in [5.41, 5.74) is 1.21. The molecule has 6 nitrogen and oxygen atoms in total. The van der Waals surface area contributed by atoms with E-state index in [1.165, 1.54) is 24.3 Å². The van der Waals surface area contributed by atoms with Gasteiger partial charge in [0.15, 0.2) is 5.82 Å². The lowest BCUT2D eigenvalue weighted by Gasteiger charge is -2.31. The van der Waals surface area contributed by atoms with Crippen molar-refractivity contribution < 1.29 is 18.4 Å². The van der Waals surface area contributed by atoms with Gasteiger partial charge < -0.3 is 14.2 Å². The summed E-state index contributed by atoms with van der Waals surface area (Å²) in [5.74, 6) is 1.16. The minimum Gasteiger partial charge on any atom is -0.496 e. The molecule has 0 aliphatic carbocycles. The Balaban J connectivity index is 1.51. The van der Waals surface area contributed by atoms with Gasteiger partial charge in [0, 0.05) is 24.6 Å². The molecule has 1 aliphatic heterocycles. The van der Waals surface area contributed by atoms with E-state index in [0.717, 1.165) is 18.4 Å². The van der Waals surface area contributed by atoms with Crippen LogP contribution in [0.4, 0.5) is 4.39 Å². The molecule has 144 valence electrons. The predicted molar refractivity (Wildman–Crippen MR) is 101 cm³/mol. The first-order valence-electron chi connectivity index (χ1n) is 9.17. The number of aromatic nitrogens is 2. The Hall–Kier alpha value is -3.22. The first kappa shape index (κ1) is 18.2. The molecule has 0 bridgehead atoms. The van der Waals surface area contributed by atoms with E-state index in [1.807, 2.05) is 24.3 Å². The molecule has 1 saturated heterocycles. The molecule has 1 aromatic heterocycles. The summed E-state index contributed by atoms with van der Waals surface area (Å²) in [6.45, 7) is 1.16. The predicted octanol–water partition coefficient (Wildman–Crippen LogP) is 3.90. The highest BCUT2D eigenvalue weighted by atomic mass is 19.1. The molecule has 1 amide bonds. The lowest BCUT2D eigenvalue weighted by Crippen LogP contribution is -2.39. The number of para-hydroxylation sites is 1. The first-order chi connectivity index (χ1) is 13.7. The number of rotatable bonds is 4. The average molecular weight is 381 g/mol. The number of hydrogen-bond donors (Lipinski definition) is 0. The molecule has 7 heteroatoms. The van der Waals surface area contributed by atoms with Gasteiger partial charge in [0.05, 0.1) is 12.7 Å². The Morgan fingerprint density at radius 2 is 2.00 bits per heavy atom. The van der Waals surface area contributed by atoms with Crippen LogP contribution < -0.4 is 4.74 Å². The molecule has 28 heavy (non-hydrogen) atoms. The summed E-state index contributed by atoms with van der Waals surface area (Å²) in [4.78, 5) is 19.0. The number of piperidine rings is 1. The Labute approximate surface area is 161 Å². The van der Waals surface area contributed by atoms with Crippen LogP contribution in [0.25, 0.3) is 11.5 Å². The maximum absolute atomic E-state index is 13.1. The van der Waals surface area contributed by atoms with Crippen LogP contribution in [0, 0.1) is 5.82 Å². The molecular weight excluding hydrogens is 361 g/mol. The summed E-state index contributed by atoms with van der Waals surface area (Å²) in [6, 6.07) is 13.1. The maximum Gasteiger partial charge on any atom is 0.261 e. The molecule has 0 spiro atoms. The second-order valence-corrected chi connectivity index (χ2v) is 6.76. The van der Waals surface area contributed by atoms with E-state index in [1.54, 1.807) is 12.0 Å². The van der Waals surface area contributed by atoms with Gasteiger partial charge in [-0.2, -0.15) is 4.98 Å². The Morgan fingerprint density at radius 1 is 1.21 bits per heavy atom. The molecule has 1 fully saturated rings.